The van der Waals surface area contributed by atoms with Gasteiger partial charge in [0.2, 0.25) is 0 Å². The van der Waals surface area contributed by atoms with E-state index < -0.39 is 0 Å². The summed E-state index contributed by atoms with van der Waals surface area (Å²) in [6.45, 7) is 0. The van der Waals surface area contributed by atoms with Gasteiger partial charge in [-0.05, 0) is 106 Å². The predicted octanol–water partition coefficient (Wildman–Crippen LogP) is 11.1. The third-order valence-corrected chi connectivity index (χ3v) is 14.8. The molecule has 2 fully saturated rings. The Bertz CT molecular complexity index is 2150. The number of hydrogen-bond donors (Lipinski definition) is 1. The fourth-order valence-electron chi connectivity index (χ4n) is 12.1. The molecule has 0 saturated carbocycles. The van der Waals surface area contributed by atoms with Crippen LogP contribution in [0.3, 0.4) is 0 Å². The lowest BCUT2D eigenvalue weighted by atomic mass is 9.72. The molecule has 7 aliphatic carbocycles. The minimum absolute atomic E-state index is 0.0416. The number of likely N-dealkylation sites (N-methyl/N-ethyl adjacent to an activating group) is 1. The summed E-state index contributed by atoms with van der Waals surface area (Å²) < 4.78 is 7.57. The van der Waals surface area contributed by atoms with Crippen LogP contribution in [-0.2, 0) is 4.74 Å². The van der Waals surface area contributed by atoms with Gasteiger partial charge in [-0.3, -0.25) is 0 Å². The van der Waals surface area contributed by atoms with Gasteiger partial charge >= 0.3 is 0 Å². The summed E-state index contributed by atoms with van der Waals surface area (Å²) in [6, 6.07) is 11.8. The average molecular weight is 754 g/mol. The Kier molecular flexibility index (Phi) is 9.44. The topological polar surface area (TPSA) is 41.8 Å². The molecule has 3 heterocycles. The maximum Gasteiger partial charge on any atom is 0.130 e. The van der Waals surface area contributed by atoms with Gasteiger partial charge in [0.05, 0.1) is 18.2 Å². The first kappa shape index (κ1) is 35.7. The van der Waals surface area contributed by atoms with Crippen LogP contribution >= 0.6 is 0 Å². The zero-order valence-electron chi connectivity index (χ0n) is 33.4. The Morgan fingerprint density at radius 2 is 1.68 bits per heavy atom. The van der Waals surface area contributed by atoms with E-state index in [0.29, 0.717) is 35.8 Å². The first-order chi connectivity index (χ1) is 28.2. The number of rotatable bonds is 6. The van der Waals surface area contributed by atoms with Crippen LogP contribution in [0.2, 0.25) is 0 Å². The first-order valence-electron chi connectivity index (χ1n) is 22.2. The van der Waals surface area contributed by atoms with Crippen molar-refractivity contribution >= 4 is 0 Å². The number of benzene rings is 1. The molecule has 1 N–H and O–H groups in total. The Balaban J connectivity index is 0.978. The van der Waals surface area contributed by atoms with Gasteiger partial charge in [-0.15, -0.1) is 0 Å². The number of nitrogens with zero attached hydrogens (tertiary/aromatic N) is 3. The van der Waals surface area contributed by atoms with Gasteiger partial charge in [-0.1, -0.05) is 151 Å². The largest absolute Gasteiger partial charge is 0.624 e. The maximum atomic E-state index is 7.57. The van der Waals surface area contributed by atoms with Crippen LogP contribution in [0.25, 0.3) is 5.32 Å². The van der Waals surface area contributed by atoms with Crippen molar-refractivity contribution in [2.45, 2.75) is 107 Å². The van der Waals surface area contributed by atoms with E-state index in [9.17, 15) is 0 Å². The fraction of sp³-hybridized carbons (Fsp3) is 0.423. The van der Waals surface area contributed by atoms with Crippen molar-refractivity contribution < 1.29 is 4.74 Å². The van der Waals surface area contributed by atoms with Crippen LogP contribution < -0.4 is 5.32 Å². The molecule has 2 saturated heterocycles. The highest BCUT2D eigenvalue weighted by atomic mass is 16.5. The molecule has 5 nitrogen and oxygen atoms in total. The molecule has 292 valence electrons. The minimum Gasteiger partial charge on any atom is -0.624 e. The van der Waals surface area contributed by atoms with Gasteiger partial charge in [0, 0.05) is 29.4 Å². The summed E-state index contributed by atoms with van der Waals surface area (Å²) in [5.41, 5.74) is 11.6. The van der Waals surface area contributed by atoms with E-state index >= 15 is 0 Å². The van der Waals surface area contributed by atoms with E-state index in [1.54, 1.807) is 11.3 Å². The van der Waals surface area contributed by atoms with Gasteiger partial charge < -0.3 is 25.2 Å². The number of hydrogen-bond acceptors (Lipinski definition) is 4. The molecule has 0 bridgehead atoms. The second-order valence-corrected chi connectivity index (χ2v) is 17.9. The average Bonchev–Trinajstić information content (AvgIpc) is 3.84. The van der Waals surface area contributed by atoms with Crippen LogP contribution in [0, 0.1) is 23.7 Å². The highest BCUT2D eigenvalue weighted by Crippen LogP contribution is 2.57. The van der Waals surface area contributed by atoms with E-state index in [1.165, 1.54) is 58.5 Å². The molecule has 10 unspecified atom stereocenters. The van der Waals surface area contributed by atoms with Crippen LogP contribution in [-0.4, -0.2) is 47.4 Å². The van der Waals surface area contributed by atoms with E-state index in [4.69, 9.17) is 10.1 Å². The van der Waals surface area contributed by atoms with Gasteiger partial charge in [0.25, 0.3) is 0 Å². The van der Waals surface area contributed by atoms with Crippen LogP contribution in [0.5, 0.6) is 0 Å². The smallest absolute Gasteiger partial charge is 0.130 e. The zero-order valence-corrected chi connectivity index (χ0v) is 33.4. The van der Waals surface area contributed by atoms with Crippen molar-refractivity contribution in [2.75, 3.05) is 7.05 Å². The summed E-state index contributed by atoms with van der Waals surface area (Å²) in [5.74, 6) is 3.10. The molecule has 3 aliphatic heterocycles. The van der Waals surface area contributed by atoms with E-state index in [1.807, 2.05) is 0 Å². The molecule has 1 aromatic carbocycles. The van der Waals surface area contributed by atoms with Crippen molar-refractivity contribution in [1.29, 1.82) is 0 Å². The lowest BCUT2D eigenvalue weighted by Crippen LogP contribution is -2.54. The Morgan fingerprint density at radius 1 is 0.789 bits per heavy atom. The molecule has 0 amide bonds. The zero-order chi connectivity index (χ0) is 37.9. The standard InChI is InChI=1S/C52H57N4O/c1-55-51(36-21-10-4-11-22-36)53-50(35-19-8-3-9-20-35)54-52(55)44-33-37(34-17-6-2-7-18-34)29-30-39(44)40-26-16-27-41-42-31-32-46-47(49(42)57-48(40)41)43-25-14-15-28-45(43)56(46)38-23-12-5-13-24-38/h2-8,10-13,17,19,21-23,26,28,31-34,38,41,43,46-48,50-53H,9,14-16,18,20,24-25,27,29-30H2,1H3/q-1. The Morgan fingerprint density at radius 3 is 2.51 bits per heavy atom. The molecular weight excluding hydrogens is 697 g/mol. The molecule has 0 spiro atoms. The Labute approximate surface area is 340 Å². The normalized spacial score (nSPS) is 36.9. The quantitative estimate of drug-likeness (QED) is 0.314. The highest BCUT2D eigenvalue weighted by molar-refractivity contribution is 5.55. The second kappa shape index (κ2) is 15.1. The molecule has 11 rings (SSSR count). The second-order valence-electron chi connectivity index (χ2n) is 17.9. The molecule has 5 heteroatoms. The minimum atomic E-state index is -0.0906. The van der Waals surface area contributed by atoms with Gasteiger partial charge in [0.15, 0.2) is 0 Å². The number of allylic oxidation sites excluding steroid dienone is 14. The molecule has 57 heavy (non-hydrogen) atoms. The molecule has 1 aromatic rings. The van der Waals surface area contributed by atoms with E-state index in [2.05, 4.69) is 150 Å². The number of ether oxygens (including phenoxy) is 1. The van der Waals surface area contributed by atoms with Gasteiger partial charge in [-0.25, -0.2) is 0 Å². The van der Waals surface area contributed by atoms with Crippen molar-refractivity contribution in [3.8, 4) is 0 Å². The van der Waals surface area contributed by atoms with Gasteiger partial charge in [-0.2, -0.15) is 0 Å². The lowest BCUT2D eigenvalue weighted by molar-refractivity contribution is 0.101. The monoisotopic (exact) mass is 753 g/mol. The number of nitrogens with one attached hydrogen (secondary N) is 1. The lowest BCUT2D eigenvalue weighted by Gasteiger charge is -2.57. The maximum absolute atomic E-state index is 7.57. The summed E-state index contributed by atoms with van der Waals surface area (Å²) in [7, 11) is 2.29. The summed E-state index contributed by atoms with van der Waals surface area (Å²) in [6.07, 6.45) is 50.4. The van der Waals surface area contributed by atoms with Gasteiger partial charge in [0.1, 0.15) is 11.9 Å². The molecule has 0 radical (unpaired) electrons. The van der Waals surface area contributed by atoms with Crippen LogP contribution in [0.1, 0.15) is 82.4 Å². The van der Waals surface area contributed by atoms with Crippen molar-refractivity contribution in [3.63, 3.8) is 0 Å². The summed E-state index contributed by atoms with van der Waals surface area (Å²) in [4.78, 5) is 5.29. The van der Waals surface area contributed by atoms with Crippen LogP contribution in [0.4, 0.5) is 0 Å². The summed E-state index contributed by atoms with van der Waals surface area (Å²) in [5, 5.41) is 9.77. The van der Waals surface area contributed by atoms with Crippen molar-refractivity contribution in [1.82, 2.24) is 15.1 Å². The summed E-state index contributed by atoms with van der Waals surface area (Å²) >= 11 is 0. The predicted molar refractivity (Wildman–Crippen MR) is 231 cm³/mol. The molecule has 10 atom stereocenters. The molecule has 0 aromatic heterocycles. The number of likely N-dealkylation sites (tertiary alicyclic amines) is 1. The number of fused-ring (bicyclic) bond motifs is 6. The SMILES string of the molecule is CN1C(C2=C(C3=CCCC4C5=C(OC34)C3C4CCCC=C4N(C4C=CC=CC4)C3C=C5)CCC(C3C=CC=CC3)=C2)[N-]C(C2=CC=CCC2)NC1c1ccccc1. The third-order valence-electron chi connectivity index (χ3n) is 14.8. The third kappa shape index (κ3) is 6.24. The molecule has 10 aliphatic rings. The van der Waals surface area contributed by atoms with Crippen molar-refractivity contribution in [3.05, 3.63) is 183 Å². The van der Waals surface area contributed by atoms with E-state index in [0.717, 1.165) is 51.4 Å². The first-order valence-corrected chi connectivity index (χ1v) is 22.2. The fourth-order valence-corrected chi connectivity index (χ4v) is 12.1. The van der Waals surface area contributed by atoms with Crippen molar-refractivity contribution in [2.24, 2.45) is 23.7 Å². The molecular formula is C52H57N4O-. The Hall–Kier alpha value is -4.42. The highest BCUT2D eigenvalue weighted by Gasteiger charge is 2.54. The van der Waals surface area contributed by atoms with Crippen LogP contribution in [0.15, 0.2) is 172 Å². The van der Waals surface area contributed by atoms with E-state index in [-0.39, 0.29) is 24.6 Å².